The predicted molar refractivity (Wildman–Crippen MR) is 69.4 cm³/mol. The van der Waals surface area contributed by atoms with E-state index in [2.05, 4.69) is 23.8 Å². The number of fused-ring (bicyclic) bond motifs is 2. The van der Waals surface area contributed by atoms with E-state index in [1.54, 1.807) is 0 Å². The van der Waals surface area contributed by atoms with E-state index in [1.807, 2.05) is 6.07 Å². The summed E-state index contributed by atoms with van der Waals surface area (Å²) < 4.78 is 13.3. The highest BCUT2D eigenvalue weighted by Gasteiger charge is 2.16. The third-order valence-electron chi connectivity index (χ3n) is 3.35. The molecule has 0 fully saturated rings. The molecule has 0 radical (unpaired) electrons. The average Bonchev–Trinajstić information content (AvgIpc) is 2.74. The lowest BCUT2D eigenvalue weighted by Crippen LogP contribution is -2.15. The summed E-state index contributed by atoms with van der Waals surface area (Å²) in [6.07, 6.45) is 3.07. The van der Waals surface area contributed by atoms with E-state index in [1.165, 1.54) is 10.9 Å². The lowest BCUT2D eigenvalue weighted by molar-refractivity contribution is 0.172. The van der Waals surface area contributed by atoms with Gasteiger partial charge < -0.3 is 19.1 Å². The molecule has 0 unspecified atom stereocenters. The fourth-order valence-corrected chi connectivity index (χ4v) is 2.47. The van der Waals surface area contributed by atoms with Gasteiger partial charge in [-0.15, -0.1) is 0 Å². The van der Waals surface area contributed by atoms with Crippen LogP contribution >= 0.6 is 0 Å². The van der Waals surface area contributed by atoms with Crippen molar-refractivity contribution in [3.05, 3.63) is 23.9 Å². The molecule has 1 aliphatic heterocycles. The third-order valence-corrected chi connectivity index (χ3v) is 3.35. The molecule has 0 amide bonds. The van der Waals surface area contributed by atoms with Crippen LogP contribution in [-0.4, -0.2) is 29.5 Å². The molecule has 96 valence electrons. The second kappa shape index (κ2) is 4.53. The molecule has 1 aromatic heterocycles. The molecule has 1 aliphatic rings. The number of aliphatic hydroxyl groups excluding tert-OH is 1. The van der Waals surface area contributed by atoms with E-state index in [0.717, 1.165) is 23.4 Å². The third kappa shape index (κ3) is 1.73. The number of ether oxygens (including phenoxy) is 2. The van der Waals surface area contributed by atoms with Gasteiger partial charge in [0.15, 0.2) is 11.5 Å². The Labute approximate surface area is 106 Å². The van der Waals surface area contributed by atoms with Gasteiger partial charge in [-0.3, -0.25) is 0 Å². The molecule has 0 saturated heterocycles. The number of aromatic nitrogens is 1. The minimum atomic E-state index is 0.140. The highest BCUT2D eigenvalue weighted by atomic mass is 16.6. The van der Waals surface area contributed by atoms with Crippen LogP contribution in [0.4, 0.5) is 0 Å². The summed E-state index contributed by atoms with van der Waals surface area (Å²) in [4.78, 5) is 0. The summed E-state index contributed by atoms with van der Waals surface area (Å²) in [6, 6.07) is 4.06. The summed E-state index contributed by atoms with van der Waals surface area (Å²) in [7, 11) is 0. The standard InChI is InChI=1S/C14H17NO3/c1-2-10-9-15(3-4-16)12-8-14-13(7-11(10)12)17-5-6-18-14/h7-9,16H,2-6H2,1H3. The molecule has 0 saturated carbocycles. The number of aryl methyl sites for hydroxylation is 1. The Morgan fingerprint density at radius 1 is 1.22 bits per heavy atom. The van der Waals surface area contributed by atoms with Crippen molar-refractivity contribution in [3.8, 4) is 11.5 Å². The second-order valence-corrected chi connectivity index (χ2v) is 4.44. The number of aliphatic hydroxyl groups is 1. The number of benzene rings is 1. The van der Waals surface area contributed by atoms with Gasteiger partial charge in [0.25, 0.3) is 0 Å². The van der Waals surface area contributed by atoms with Crippen LogP contribution in [0.15, 0.2) is 18.3 Å². The van der Waals surface area contributed by atoms with Crippen molar-refractivity contribution in [2.24, 2.45) is 0 Å². The Balaban J connectivity index is 2.20. The summed E-state index contributed by atoms with van der Waals surface area (Å²) in [5, 5.41) is 10.3. The van der Waals surface area contributed by atoms with Crippen LogP contribution in [-0.2, 0) is 13.0 Å². The zero-order valence-corrected chi connectivity index (χ0v) is 10.5. The largest absolute Gasteiger partial charge is 0.486 e. The van der Waals surface area contributed by atoms with Crippen LogP contribution in [0.2, 0.25) is 0 Å². The van der Waals surface area contributed by atoms with Crippen molar-refractivity contribution in [3.63, 3.8) is 0 Å². The van der Waals surface area contributed by atoms with E-state index in [-0.39, 0.29) is 6.61 Å². The van der Waals surface area contributed by atoms with E-state index < -0.39 is 0 Å². The number of hydrogen-bond donors (Lipinski definition) is 1. The van der Waals surface area contributed by atoms with Gasteiger partial charge in [-0.1, -0.05) is 6.92 Å². The highest BCUT2D eigenvalue weighted by Crippen LogP contribution is 2.36. The summed E-state index contributed by atoms with van der Waals surface area (Å²) >= 11 is 0. The first-order valence-corrected chi connectivity index (χ1v) is 6.35. The van der Waals surface area contributed by atoms with Crippen molar-refractivity contribution < 1.29 is 14.6 Å². The van der Waals surface area contributed by atoms with Gasteiger partial charge in [-0.2, -0.15) is 0 Å². The average molecular weight is 247 g/mol. The Morgan fingerprint density at radius 3 is 2.61 bits per heavy atom. The molecule has 0 aliphatic carbocycles. The number of nitrogens with zero attached hydrogens (tertiary/aromatic N) is 1. The molecule has 1 N–H and O–H groups in total. The molecule has 0 atom stereocenters. The van der Waals surface area contributed by atoms with Crippen LogP contribution < -0.4 is 9.47 Å². The molecule has 4 nitrogen and oxygen atoms in total. The van der Waals surface area contributed by atoms with Gasteiger partial charge in [0.2, 0.25) is 0 Å². The van der Waals surface area contributed by atoms with Gasteiger partial charge in [-0.05, 0) is 18.1 Å². The fraction of sp³-hybridized carbons (Fsp3) is 0.429. The van der Waals surface area contributed by atoms with Gasteiger partial charge in [-0.25, -0.2) is 0 Å². The highest BCUT2D eigenvalue weighted by molar-refractivity contribution is 5.87. The maximum absolute atomic E-state index is 9.12. The van der Waals surface area contributed by atoms with Crippen LogP contribution in [0, 0.1) is 0 Å². The smallest absolute Gasteiger partial charge is 0.163 e. The first kappa shape index (κ1) is 11.4. The van der Waals surface area contributed by atoms with E-state index in [0.29, 0.717) is 19.8 Å². The van der Waals surface area contributed by atoms with Crippen LogP contribution in [0.1, 0.15) is 12.5 Å². The zero-order chi connectivity index (χ0) is 12.5. The maximum atomic E-state index is 9.12. The molecular weight excluding hydrogens is 230 g/mol. The zero-order valence-electron chi connectivity index (χ0n) is 10.5. The van der Waals surface area contributed by atoms with Crippen molar-refractivity contribution in [2.75, 3.05) is 19.8 Å². The molecule has 2 heterocycles. The summed E-state index contributed by atoms with van der Waals surface area (Å²) in [5.74, 6) is 1.62. The molecule has 4 heteroatoms. The van der Waals surface area contributed by atoms with Gasteiger partial charge in [0.1, 0.15) is 13.2 Å². The topological polar surface area (TPSA) is 43.6 Å². The Kier molecular flexibility index (Phi) is 2.88. The normalized spacial score (nSPS) is 14.1. The Hall–Kier alpha value is -1.68. The summed E-state index contributed by atoms with van der Waals surface area (Å²) in [5.41, 5.74) is 2.38. The minimum Gasteiger partial charge on any atom is -0.486 e. The molecule has 2 aromatic rings. The molecule has 0 spiro atoms. The van der Waals surface area contributed by atoms with Gasteiger partial charge in [0, 0.05) is 24.2 Å². The number of hydrogen-bond acceptors (Lipinski definition) is 3. The van der Waals surface area contributed by atoms with Crippen molar-refractivity contribution >= 4 is 10.9 Å². The SMILES string of the molecule is CCc1cn(CCO)c2cc3c(cc12)OCCO3. The van der Waals surface area contributed by atoms with Gasteiger partial charge >= 0.3 is 0 Å². The molecular formula is C14H17NO3. The quantitative estimate of drug-likeness (QED) is 0.901. The number of rotatable bonds is 3. The molecule has 1 aromatic carbocycles. The van der Waals surface area contributed by atoms with Crippen LogP contribution in [0.3, 0.4) is 0 Å². The fourth-order valence-electron chi connectivity index (χ4n) is 2.47. The van der Waals surface area contributed by atoms with Crippen molar-refractivity contribution in [1.29, 1.82) is 0 Å². The monoisotopic (exact) mass is 247 g/mol. The molecule has 18 heavy (non-hydrogen) atoms. The van der Waals surface area contributed by atoms with Crippen LogP contribution in [0.25, 0.3) is 10.9 Å². The first-order valence-electron chi connectivity index (χ1n) is 6.35. The lowest BCUT2D eigenvalue weighted by atomic mass is 10.1. The van der Waals surface area contributed by atoms with E-state index >= 15 is 0 Å². The molecule has 0 bridgehead atoms. The first-order chi connectivity index (χ1) is 8.83. The van der Waals surface area contributed by atoms with Gasteiger partial charge in [0.05, 0.1) is 12.1 Å². The van der Waals surface area contributed by atoms with E-state index in [9.17, 15) is 0 Å². The Morgan fingerprint density at radius 2 is 1.94 bits per heavy atom. The molecule has 3 rings (SSSR count). The van der Waals surface area contributed by atoms with Crippen molar-refractivity contribution in [1.82, 2.24) is 4.57 Å². The predicted octanol–water partition coefficient (Wildman–Crippen LogP) is 1.97. The minimum absolute atomic E-state index is 0.140. The lowest BCUT2D eigenvalue weighted by Gasteiger charge is -2.18. The summed E-state index contributed by atoms with van der Waals surface area (Å²) in [6.45, 7) is 4.09. The van der Waals surface area contributed by atoms with E-state index in [4.69, 9.17) is 14.6 Å². The van der Waals surface area contributed by atoms with Crippen molar-refractivity contribution in [2.45, 2.75) is 19.9 Å². The maximum Gasteiger partial charge on any atom is 0.163 e. The van der Waals surface area contributed by atoms with Crippen LogP contribution in [0.5, 0.6) is 11.5 Å². The Bertz CT molecular complexity index is 574. The second-order valence-electron chi connectivity index (χ2n) is 4.44.